The largest absolute Gasteiger partial charge is 0.480 e. The molecule has 0 spiro atoms. The molecule has 1 atom stereocenters. The second kappa shape index (κ2) is 8.60. The van der Waals surface area contributed by atoms with Gasteiger partial charge in [0.1, 0.15) is 12.6 Å². The maximum atomic E-state index is 11.6. The fraction of sp³-hybridized carbons (Fsp3) is 0.429. The number of hydrogen-bond donors (Lipinski definition) is 2. The summed E-state index contributed by atoms with van der Waals surface area (Å²) in [5, 5.41) is 22.1. The van der Waals surface area contributed by atoms with Crippen molar-refractivity contribution in [3.63, 3.8) is 0 Å². The Morgan fingerprint density at radius 2 is 2.09 bits per heavy atom. The van der Waals surface area contributed by atoms with Crippen LogP contribution in [0, 0.1) is 10.1 Å². The van der Waals surface area contributed by atoms with E-state index >= 15 is 0 Å². The van der Waals surface area contributed by atoms with E-state index in [2.05, 4.69) is 5.32 Å². The van der Waals surface area contributed by atoms with E-state index in [0.29, 0.717) is 12.8 Å². The second-order valence-corrected chi connectivity index (χ2v) is 4.64. The van der Waals surface area contributed by atoms with Crippen molar-refractivity contribution in [1.29, 1.82) is 0 Å². The monoisotopic (exact) mass is 310 g/mol. The summed E-state index contributed by atoms with van der Waals surface area (Å²) in [5.74, 6) is -1.14. The molecule has 120 valence electrons. The molecule has 0 fully saturated rings. The molecule has 0 aromatic heterocycles. The predicted molar refractivity (Wildman–Crippen MR) is 77.4 cm³/mol. The fourth-order valence-corrected chi connectivity index (χ4v) is 1.80. The average Bonchev–Trinajstić information content (AvgIpc) is 2.49. The van der Waals surface area contributed by atoms with Crippen LogP contribution in [-0.4, -0.2) is 28.1 Å². The molecule has 0 saturated heterocycles. The number of carboxylic acid groups (broad SMARTS) is 1. The maximum absolute atomic E-state index is 11.6. The Morgan fingerprint density at radius 1 is 1.41 bits per heavy atom. The number of nitrogens with zero attached hydrogens (tertiary/aromatic N) is 1. The van der Waals surface area contributed by atoms with E-state index in [9.17, 15) is 19.7 Å². The quantitative estimate of drug-likeness (QED) is 0.562. The molecule has 1 amide bonds. The molecule has 0 saturated carbocycles. The molecule has 1 rings (SSSR count). The molecule has 0 radical (unpaired) electrons. The number of ether oxygens (including phenoxy) is 1. The molecule has 0 aliphatic heterocycles. The van der Waals surface area contributed by atoms with Crippen LogP contribution in [0.2, 0.25) is 0 Å². The molecule has 0 aliphatic carbocycles. The van der Waals surface area contributed by atoms with Crippen molar-refractivity contribution in [3.8, 4) is 0 Å². The van der Waals surface area contributed by atoms with Crippen molar-refractivity contribution in [2.24, 2.45) is 0 Å². The highest BCUT2D eigenvalue weighted by atomic mass is 16.6. The molecule has 8 heteroatoms. The van der Waals surface area contributed by atoms with Crippen molar-refractivity contribution in [2.45, 2.75) is 38.8 Å². The highest BCUT2D eigenvalue weighted by molar-refractivity contribution is 5.79. The summed E-state index contributed by atoms with van der Waals surface area (Å²) >= 11 is 0. The summed E-state index contributed by atoms with van der Waals surface area (Å²) in [4.78, 5) is 32.9. The summed E-state index contributed by atoms with van der Waals surface area (Å²) in [6.45, 7) is 1.61. The molecule has 1 aromatic rings. The van der Waals surface area contributed by atoms with Crippen LogP contribution >= 0.6 is 0 Å². The number of hydrogen-bond acceptors (Lipinski definition) is 5. The first-order valence-electron chi connectivity index (χ1n) is 6.84. The number of rotatable bonds is 8. The molecular weight excluding hydrogens is 292 g/mol. The lowest BCUT2D eigenvalue weighted by molar-refractivity contribution is -0.385. The molecule has 8 nitrogen and oxygen atoms in total. The Balaban J connectivity index is 2.59. The van der Waals surface area contributed by atoms with Gasteiger partial charge in [0, 0.05) is 6.07 Å². The van der Waals surface area contributed by atoms with Crippen LogP contribution in [0.5, 0.6) is 0 Å². The third-order valence-electron chi connectivity index (χ3n) is 2.98. The topological polar surface area (TPSA) is 119 Å². The smallest absolute Gasteiger partial charge is 0.408 e. The van der Waals surface area contributed by atoms with Gasteiger partial charge in [-0.25, -0.2) is 9.59 Å². The summed E-state index contributed by atoms with van der Waals surface area (Å²) in [6, 6.07) is 4.84. The van der Waals surface area contributed by atoms with Crippen LogP contribution in [-0.2, 0) is 16.1 Å². The van der Waals surface area contributed by atoms with Crippen molar-refractivity contribution < 1.29 is 24.4 Å². The van der Waals surface area contributed by atoms with Gasteiger partial charge in [0.15, 0.2) is 0 Å². The van der Waals surface area contributed by atoms with Gasteiger partial charge in [-0.1, -0.05) is 31.9 Å². The molecule has 2 N–H and O–H groups in total. The number of nitro benzene ring substituents is 1. The summed E-state index contributed by atoms with van der Waals surface area (Å²) in [5.41, 5.74) is 0.0825. The first kappa shape index (κ1) is 17.4. The van der Waals surface area contributed by atoms with Crippen LogP contribution in [0.3, 0.4) is 0 Å². The van der Waals surface area contributed by atoms with Crippen LogP contribution in [0.15, 0.2) is 24.3 Å². The summed E-state index contributed by atoms with van der Waals surface area (Å²) in [7, 11) is 0. The van der Waals surface area contributed by atoms with Crippen LogP contribution < -0.4 is 5.32 Å². The van der Waals surface area contributed by atoms with Gasteiger partial charge in [-0.3, -0.25) is 10.1 Å². The van der Waals surface area contributed by atoms with Gasteiger partial charge in [0.05, 0.1) is 10.5 Å². The van der Waals surface area contributed by atoms with E-state index in [0.717, 1.165) is 6.42 Å². The van der Waals surface area contributed by atoms with Crippen LogP contribution in [0.4, 0.5) is 10.5 Å². The number of amides is 1. The van der Waals surface area contributed by atoms with Gasteiger partial charge in [0.25, 0.3) is 5.69 Å². The Morgan fingerprint density at radius 3 is 2.68 bits per heavy atom. The van der Waals surface area contributed by atoms with Crippen LogP contribution in [0.1, 0.15) is 31.7 Å². The van der Waals surface area contributed by atoms with Gasteiger partial charge in [-0.05, 0) is 12.5 Å². The SMILES string of the molecule is CCCCC(NC(=O)OCc1ccccc1[N+](=O)[O-])C(=O)O. The highest BCUT2D eigenvalue weighted by Gasteiger charge is 2.21. The van der Waals surface area contributed by atoms with E-state index in [1.165, 1.54) is 18.2 Å². The summed E-state index contributed by atoms with van der Waals surface area (Å²) < 4.78 is 4.86. The van der Waals surface area contributed by atoms with E-state index in [1.807, 2.05) is 6.92 Å². The number of nitro groups is 1. The van der Waals surface area contributed by atoms with E-state index in [1.54, 1.807) is 6.07 Å². The predicted octanol–water partition coefficient (Wildman–Crippen LogP) is 2.46. The first-order valence-corrected chi connectivity index (χ1v) is 6.84. The average molecular weight is 310 g/mol. The number of unbranched alkanes of at least 4 members (excludes halogenated alkanes) is 1. The van der Waals surface area contributed by atoms with Gasteiger partial charge in [0.2, 0.25) is 0 Å². The zero-order valence-corrected chi connectivity index (χ0v) is 12.2. The molecular formula is C14H18N2O6. The van der Waals surface area contributed by atoms with Crippen molar-refractivity contribution in [2.75, 3.05) is 0 Å². The van der Waals surface area contributed by atoms with E-state index in [-0.39, 0.29) is 17.9 Å². The molecule has 0 aliphatic rings. The Labute approximate surface area is 127 Å². The van der Waals surface area contributed by atoms with Gasteiger partial charge < -0.3 is 15.2 Å². The Bertz CT molecular complexity index is 546. The van der Waals surface area contributed by atoms with Crippen molar-refractivity contribution >= 4 is 17.7 Å². The summed E-state index contributed by atoms with van der Waals surface area (Å²) in [6.07, 6.45) is 0.839. The van der Waals surface area contributed by atoms with Gasteiger partial charge in [-0.15, -0.1) is 0 Å². The zero-order chi connectivity index (χ0) is 16.5. The zero-order valence-electron chi connectivity index (χ0n) is 12.2. The molecule has 22 heavy (non-hydrogen) atoms. The Hall–Kier alpha value is -2.64. The minimum Gasteiger partial charge on any atom is -0.480 e. The van der Waals surface area contributed by atoms with Gasteiger partial charge >= 0.3 is 12.1 Å². The molecule has 0 heterocycles. The lowest BCUT2D eigenvalue weighted by Crippen LogP contribution is -2.40. The number of para-hydroxylation sites is 1. The second-order valence-electron chi connectivity index (χ2n) is 4.64. The van der Waals surface area contributed by atoms with Crippen LogP contribution in [0.25, 0.3) is 0 Å². The standard InChI is InChI=1S/C14H18N2O6/c1-2-3-7-11(13(17)18)15-14(19)22-9-10-6-4-5-8-12(10)16(20)21/h4-6,8,11H,2-3,7,9H2,1H3,(H,15,19)(H,17,18). The number of carboxylic acids is 1. The van der Waals surface area contributed by atoms with Gasteiger partial charge in [-0.2, -0.15) is 0 Å². The van der Waals surface area contributed by atoms with Crippen molar-refractivity contribution in [3.05, 3.63) is 39.9 Å². The number of benzene rings is 1. The minimum absolute atomic E-state index is 0.156. The first-order chi connectivity index (χ1) is 10.5. The fourth-order valence-electron chi connectivity index (χ4n) is 1.80. The molecule has 0 bridgehead atoms. The number of aliphatic carboxylic acids is 1. The third kappa shape index (κ3) is 5.39. The number of carbonyl (C=O) groups is 2. The third-order valence-corrected chi connectivity index (χ3v) is 2.98. The lowest BCUT2D eigenvalue weighted by Gasteiger charge is -2.14. The number of nitrogens with one attached hydrogen (secondary N) is 1. The van der Waals surface area contributed by atoms with Crippen molar-refractivity contribution in [1.82, 2.24) is 5.32 Å². The number of carbonyl (C=O) groups excluding carboxylic acids is 1. The maximum Gasteiger partial charge on any atom is 0.408 e. The van der Waals surface area contributed by atoms with E-state index < -0.39 is 23.0 Å². The number of alkyl carbamates (subject to hydrolysis) is 1. The molecule has 1 unspecified atom stereocenters. The van der Waals surface area contributed by atoms with E-state index in [4.69, 9.17) is 9.84 Å². The lowest BCUT2D eigenvalue weighted by atomic mass is 10.1. The highest BCUT2D eigenvalue weighted by Crippen LogP contribution is 2.18. The normalized spacial score (nSPS) is 11.5. The minimum atomic E-state index is -1.14. The Kier molecular flexibility index (Phi) is 6.81. The molecule has 1 aromatic carbocycles.